The molecule has 4 rings (SSSR count). The Morgan fingerprint density at radius 2 is 1.89 bits per heavy atom. The highest BCUT2D eigenvalue weighted by atomic mass is 32.1. The molecule has 1 unspecified atom stereocenters. The van der Waals surface area contributed by atoms with Crippen molar-refractivity contribution in [2.75, 3.05) is 0 Å². The minimum atomic E-state index is -0.190. The number of hydrogen-bond donors (Lipinski definition) is 2. The molecule has 2 aliphatic rings. The van der Waals surface area contributed by atoms with E-state index in [9.17, 15) is 4.79 Å². The van der Waals surface area contributed by atoms with Gasteiger partial charge < -0.3 is 15.4 Å². The third-order valence-corrected chi connectivity index (χ3v) is 5.62. The molecule has 0 saturated heterocycles. The summed E-state index contributed by atoms with van der Waals surface area (Å²) in [6.07, 6.45) is 2.35. The lowest BCUT2D eigenvalue weighted by Crippen LogP contribution is -2.46. The summed E-state index contributed by atoms with van der Waals surface area (Å²) in [5.74, 6) is 1.01. The third-order valence-electron chi connectivity index (χ3n) is 5.40. The fourth-order valence-electron chi connectivity index (χ4n) is 3.83. The molecular formula is C23H24N2O2S. The van der Waals surface area contributed by atoms with Crippen LogP contribution in [0.3, 0.4) is 0 Å². The van der Waals surface area contributed by atoms with Gasteiger partial charge in [0.15, 0.2) is 10.9 Å². The lowest BCUT2D eigenvalue weighted by molar-refractivity contribution is -0.116. The van der Waals surface area contributed by atoms with Crippen LogP contribution in [0.5, 0.6) is 5.75 Å². The number of benzene rings is 2. The van der Waals surface area contributed by atoms with E-state index in [-0.39, 0.29) is 11.8 Å². The molecule has 0 bridgehead atoms. The SMILES string of the molecule is Cc1ccc(C)c(COc2ccc(C3NC(=S)NC4=C3C(=O)CCC4)cc2)c1. The summed E-state index contributed by atoms with van der Waals surface area (Å²) in [6, 6.07) is 14.1. The number of aryl methyl sites for hydroxylation is 2. The molecule has 1 aliphatic heterocycles. The Balaban J connectivity index is 1.52. The lowest BCUT2D eigenvalue weighted by Gasteiger charge is -2.33. The standard InChI is InChI=1S/C23H24N2O2S/c1-14-6-7-15(2)17(12-14)13-27-18-10-8-16(9-11-18)22-21-19(24-23(28)25-22)4-3-5-20(21)26/h6-12,22H,3-5,13H2,1-2H3,(H2,24,25,28). The Kier molecular flexibility index (Phi) is 5.18. The molecule has 0 amide bonds. The Labute approximate surface area is 171 Å². The van der Waals surface area contributed by atoms with Gasteiger partial charge in [0.05, 0.1) is 6.04 Å². The maximum atomic E-state index is 12.5. The highest BCUT2D eigenvalue weighted by Gasteiger charge is 2.33. The first kappa shape index (κ1) is 18.7. The summed E-state index contributed by atoms with van der Waals surface area (Å²) in [7, 11) is 0. The summed E-state index contributed by atoms with van der Waals surface area (Å²) in [5, 5.41) is 6.99. The van der Waals surface area contributed by atoms with Crippen molar-refractivity contribution in [2.45, 2.75) is 45.8 Å². The van der Waals surface area contributed by atoms with Gasteiger partial charge in [0.1, 0.15) is 12.4 Å². The van der Waals surface area contributed by atoms with E-state index in [0.29, 0.717) is 18.1 Å². The highest BCUT2D eigenvalue weighted by molar-refractivity contribution is 7.80. The van der Waals surface area contributed by atoms with Crippen LogP contribution in [-0.4, -0.2) is 10.9 Å². The van der Waals surface area contributed by atoms with Gasteiger partial charge in [0.25, 0.3) is 0 Å². The van der Waals surface area contributed by atoms with Crippen LogP contribution < -0.4 is 15.4 Å². The largest absolute Gasteiger partial charge is 0.489 e. The van der Waals surface area contributed by atoms with Gasteiger partial charge in [0, 0.05) is 17.7 Å². The van der Waals surface area contributed by atoms with Crippen molar-refractivity contribution < 1.29 is 9.53 Å². The monoisotopic (exact) mass is 392 g/mol. The van der Waals surface area contributed by atoms with Crippen LogP contribution in [0.2, 0.25) is 0 Å². The molecule has 1 aliphatic carbocycles. The van der Waals surface area contributed by atoms with Crippen molar-refractivity contribution in [1.29, 1.82) is 0 Å². The van der Waals surface area contributed by atoms with Gasteiger partial charge in [-0.15, -0.1) is 0 Å². The number of ether oxygens (including phenoxy) is 1. The molecule has 0 saturated carbocycles. The summed E-state index contributed by atoms with van der Waals surface area (Å²) in [6.45, 7) is 4.72. The number of carbonyl (C=O) groups excluding carboxylic acids is 1. The zero-order chi connectivity index (χ0) is 19.7. The van der Waals surface area contributed by atoms with Crippen molar-refractivity contribution in [2.24, 2.45) is 0 Å². The smallest absolute Gasteiger partial charge is 0.171 e. The van der Waals surface area contributed by atoms with Gasteiger partial charge in [0.2, 0.25) is 0 Å². The average molecular weight is 393 g/mol. The number of nitrogens with one attached hydrogen (secondary N) is 2. The molecule has 0 radical (unpaired) electrons. The molecule has 144 valence electrons. The molecule has 1 atom stereocenters. The second-order valence-electron chi connectivity index (χ2n) is 7.49. The van der Waals surface area contributed by atoms with Crippen molar-refractivity contribution in [1.82, 2.24) is 10.6 Å². The van der Waals surface area contributed by atoms with E-state index in [1.807, 2.05) is 24.3 Å². The van der Waals surface area contributed by atoms with Gasteiger partial charge in [-0.3, -0.25) is 4.79 Å². The van der Waals surface area contributed by atoms with Crippen LogP contribution in [0, 0.1) is 13.8 Å². The molecule has 0 fully saturated rings. The van der Waals surface area contributed by atoms with Gasteiger partial charge in [-0.2, -0.15) is 0 Å². The van der Waals surface area contributed by atoms with Crippen LogP contribution in [0.4, 0.5) is 0 Å². The van der Waals surface area contributed by atoms with Crippen LogP contribution in [0.1, 0.15) is 47.6 Å². The first-order valence-electron chi connectivity index (χ1n) is 9.64. The van der Waals surface area contributed by atoms with E-state index in [1.54, 1.807) is 0 Å². The van der Waals surface area contributed by atoms with E-state index < -0.39 is 0 Å². The summed E-state index contributed by atoms with van der Waals surface area (Å²) in [4.78, 5) is 12.5. The molecule has 1 heterocycles. The second kappa shape index (κ2) is 7.76. The predicted octanol–water partition coefficient (Wildman–Crippen LogP) is 4.41. The maximum Gasteiger partial charge on any atom is 0.171 e. The summed E-state index contributed by atoms with van der Waals surface area (Å²) >= 11 is 5.34. The fraction of sp³-hybridized carbons (Fsp3) is 0.304. The zero-order valence-corrected chi connectivity index (χ0v) is 17.0. The Hall–Kier alpha value is -2.66. The molecular weight excluding hydrogens is 368 g/mol. The van der Waals surface area contributed by atoms with Crippen LogP contribution in [-0.2, 0) is 11.4 Å². The lowest BCUT2D eigenvalue weighted by atomic mass is 9.85. The normalized spacial score (nSPS) is 19.0. The van der Waals surface area contributed by atoms with Crippen molar-refractivity contribution >= 4 is 23.1 Å². The minimum absolute atomic E-state index is 0.190. The van der Waals surface area contributed by atoms with Crippen LogP contribution in [0.15, 0.2) is 53.7 Å². The first-order valence-corrected chi connectivity index (χ1v) is 10.0. The summed E-state index contributed by atoms with van der Waals surface area (Å²) in [5.41, 5.74) is 6.46. The first-order chi connectivity index (χ1) is 13.5. The maximum absolute atomic E-state index is 12.5. The number of ketones is 1. The quantitative estimate of drug-likeness (QED) is 0.755. The van der Waals surface area contributed by atoms with Gasteiger partial charge in [-0.25, -0.2) is 0 Å². The molecule has 2 N–H and O–H groups in total. The Morgan fingerprint density at radius 1 is 1.11 bits per heavy atom. The molecule has 4 nitrogen and oxygen atoms in total. The van der Waals surface area contributed by atoms with Crippen LogP contribution in [0.25, 0.3) is 0 Å². The topological polar surface area (TPSA) is 50.4 Å². The molecule has 2 aromatic rings. The fourth-order valence-corrected chi connectivity index (χ4v) is 4.07. The number of rotatable bonds is 4. The van der Waals surface area contributed by atoms with Crippen molar-refractivity contribution in [3.8, 4) is 5.75 Å². The third kappa shape index (κ3) is 3.80. The van der Waals surface area contributed by atoms with E-state index in [2.05, 4.69) is 42.7 Å². The number of hydrogen-bond acceptors (Lipinski definition) is 3. The van der Waals surface area contributed by atoms with E-state index in [1.165, 1.54) is 16.7 Å². The van der Waals surface area contributed by atoms with Crippen molar-refractivity contribution in [3.63, 3.8) is 0 Å². The average Bonchev–Trinajstić information content (AvgIpc) is 2.68. The van der Waals surface area contributed by atoms with E-state index in [0.717, 1.165) is 35.4 Å². The molecule has 0 spiro atoms. The second-order valence-corrected chi connectivity index (χ2v) is 7.90. The Bertz CT molecular complexity index is 963. The van der Waals surface area contributed by atoms with E-state index in [4.69, 9.17) is 17.0 Å². The van der Waals surface area contributed by atoms with E-state index >= 15 is 0 Å². The number of carbonyl (C=O) groups is 1. The van der Waals surface area contributed by atoms with Crippen LogP contribution >= 0.6 is 12.2 Å². The molecule has 2 aromatic carbocycles. The highest BCUT2D eigenvalue weighted by Crippen LogP contribution is 2.34. The molecule has 28 heavy (non-hydrogen) atoms. The minimum Gasteiger partial charge on any atom is -0.489 e. The van der Waals surface area contributed by atoms with Crippen molar-refractivity contribution in [3.05, 3.63) is 76.0 Å². The Morgan fingerprint density at radius 3 is 2.68 bits per heavy atom. The predicted molar refractivity (Wildman–Crippen MR) is 114 cm³/mol. The zero-order valence-electron chi connectivity index (χ0n) is 16.2. The number of Topliss-reactive ketones (excluding diaryl/α,β-unsaturated/α-hetero) is 1. The number of thiocarbonyl (C=S) groups is 1. The van der Waals surface area contributed by atoms with Gasteiger partial charge in [-0.05, 0) is 67.7 Å². The number of allylic oxidation sites excluding steroid dienone is 1. The van der Waals surface area contributed by atoms with Gasteiger partial charge >= 0.3 is 0 Å². The van der Waals surface area contributed by atoms with Gasteiger partial charge in [-0.1, -0.05) is 35.9 Å². The summed E-state index contributed by atoms with van der Waals surface area (Å²) < 4.78 is 5.98. The molecule has 0 aromatic heterocycles. The molecule has 5 heteroatoms.